The monoisotopic (exact) mass is 292 g/mol. The fourth-order valence-corrected chi connectivity index (χ4v) is 2.88. The van der Waals surface area contributed by atoms with Gasteiger partial charge in [0.15, 0.2) is 0 Å². The van der Waals surface area contributed by atoms with E-state index in [0.29, 0.717) is 0 Å². The van der Waals surface area contributed by atoms with Gasteiger partial charge < -0.3 is 9.84 Å². The van der Waals surface area contributed by atoms with Gasteiger partial charge in [0.2, 0.25) is 0 Å². The molecule has 0 aliphatic rings. The smallest absolute Gasteiger partial charge is 0.128 e. The second-order valence-corrected chi connectivity index (χ2v) is 5.92. The Hall–Kier alpha value is -1.03. The highest BCUT2D eigenvalue weighted by Crippen LogP contribution is 2.30. The minimum absolute atomic E-state index is 0.0462. The number of rotatable bonds is 8. The van der Waals surface area contributed by atoms with Gasteiger partial charge in [0.25, 0.3) is 0 Å². The Morgan fingerprint density at radius 3 is 2.50 bits per heavy atom. The zero-order chi connectivity index (χ0) is 14.8. The summed E-state index contributed by atoms with van der Waals surface area (Å²) in [6, 6.07) is 10.2. The number of ether oxygens (including phenoxy) is 1. The highest BCUT2D eigenvalue weighted by atomic mass is 32.2. The molecule has 2 nitrogen and oxygen atoms in total. The molecular weight excluding hydrogens is 268 g/mol. The van der Waals surface area contributed by atoms with Crippen LogP contribution in [0.1, 0.15) is 26.7 Å². The molecule has 0 amide bonds. The van der Waals surface area contributed by atoms with Crippen LogP contribution in [0.2, 0.25) is 0 Å². The third-order valence-corrected chi connectivity index (χ3v) is 4.10. The lowest BCUT2D eigenvalue weighted by Gasteiger charge is -2.18. The quantitative estimate of drug-likeness (QED) is 0.437. The van der Waals surface area contributed by atoms with Gasteiger partial charge in [-0.2, -0.15) is 0 Å². The molecule has 0 heterocycles. The maximum atomic E-state index is 9.20. The molecule has 0 bridgehead atoms. The first kappa shape index (κ1) is 17.0. The van der Waals surface area contributed by atoms with Crippen molar-refractivity contribution in [2.75, 3.05) is 13.7 Å². The molecule has 110 valence electrons. The lowest BCUT2D eigenvalue weighted by Crippen LogP contribution is -2.10. The Labute approximate surface area is 126 Å². The van der Waals surface area contributed by atoms with E-state index in [1.54, 1.807) is 18.9 Å². The van der Waals surface area contributed by atoms with Gasteiger partial charge >= 0.3 is 0 Å². The number of methoxy groups -OCH3 is 1. The van der Waals surface area contributed by atoms with Gasteiger partial charge in [-0.1, -0.05) is 47.7 Å². The first-order valence-corrected chi connectivity index (χ1v) is 7.73. The third kappa shape index (κ3) is 6.42. The molecule has 1 atom stereocenters. The summed E-state index contributed by atoms with van der Waals surface area (Å²) in [5, 5.41) is 9.20. The zero-order valence-corrected chi connectivity index (χ0v) is 13.3. The van der Waals surface area contributed by atoms with Crippen LogP contribution in [-0.2, 0) is 4.74 Å². The second kappa shape index (κ2) is 9.81. The first-order valence-electron chi connectivity index (χ1n) is 6.85. The van der Waals surface area contributed by atoms with Gasteiger partial charge in [0, 0.05) is 12.0 Å². The number of aliphatic hydroxyl groups is 1. The van der Waals surface area contributed by atoms with E-state index in [9.17, 15) is 5.11 Å². The Bertz CT molecular complexity index is 434. The SMILES string of the molecule is COC(Sc1ccccc1)C(=CCO)CCC=C(C)C. The van der Waals surface area contributed by atoms with E-state index >= 15 is 0 Å². The van der Waals surface area contributed by atoms with Crippen LogP contribution in [0.3, 0.4) is 0 Å². The van der Waals surface area contributed by atoms with Gasteiger partial charge in [-0.3, -0.25) is 0 Å². The van der Waals surface area contributed by atoms with Crippen molar-refractivity contribution in [2.45, 2.75) is 37.0 Å². The molecule has 0 fully saturated rings. The summed E-state index contributed by atoms with van der Waals surface area (Å²) >= 11 is 1.67. The van der Waals surface area contributed by atoms with E-state index in [0.717, 1.165) is 18.4 Å². The fraction of sp³-hybridized carbons (Fsp3) is 0.412. The maximum Gasteiger partial charge on any atom is 0.128 e. The Balaban J connectivity index is 2.71. The van der Waals surface area contributed by atoms with Crippen molar-refractivity contribution < 1.29 is 9.84 Å². The maximum absolute atomic E-state index is 9.20. The Morgan fingerprint density at radius 2 is 1.95 bits per heavy atom. The largest absolute Gasteiger partial charge is 0.392 e. The summed E-state index contributed by atoms with van der Waals surface area (Å²) in [6.07, 6.45) is 5.96. The molecule has 0 radical (unpaired) electrons. The summed E-state index contributed by atoms with van der Waals surface area (Å²) in [7, 11) is 1.72. The van der Waals surface area contributed by atoms with Crippen molar-refractivity contribution in [3.05, 3.63) is 53.6 Å². The van der Waals surface area contributed by atoms with Gasteiger partial charge in [-0.25, -0.2) is 0 Å². The molecule has 1 N–H and O–H groups in total. The molecule has 0 aromatic heterocycles. The summed E-state index contributed by atoms with van der Waals surface area (Å²) < 4.78 is 5.59. The molecular formula is C17H24O2S. The number of aliphatic hydroxyl groups excluding tert-OH is 1. The van der Waals surface area contributed by atoms with Gasteiger partial charge in [0.1, 0.15) is 5.44 Å². The average molecular weight is 292 g/mol. The molecule has 0 saturated heterocycles. The molecule has 1 unspecified atom stereocenters. The highest BCUT2D eigenvalue weighted by molar-refractivity contribution is 8.00. The van der Waals surface area contributed by atoms with Crippen molar-refractivity contribution in [1.82, 2.24) is 0 Å². The molecule has 0 spiro atoms. The van der Waals surface area contributed by atoms with Crippen molar-refractivity contribution in [3.8, 4) is 0 Å². The van der Waals surface area contributed by atoms with E-state index < -0.39 is 0 Å². The molecule has 0 aliphatic carbocycles. The first-order chi connectivity index (χ1) is 9.67. The van der Waals surface area contributed by atoms with Crippen LogP contribution in [0.4, 0.5) is 0 Å². The molecule has 0 aliphatic heterocycles. The highest BCUT2D eigenvalue weighted by Gasteiger charge is 2.14. The van der Waals surface area contributed by atoms with Gasteiger partial charge in [0.05, 0.1) is 6.61 Å². The topological polar surface area (TPSA) is 29.5 Å². The fourth-order valence-electron chi connectivity index (χ4n) is 1.86. The van der Waals surface area contributed by atoms with Crippen molar-refractivity contribution in [2.24, 2.45) is 0 Å². The van der Waals surface area contributed by atoms with Gasteiger partial charge in [-0.05, 0) is 44.4 Å². The van der Waals surface area contributed by atoms with Crippen molar-refractivity contribution >= 4 is 11.8 Å². The zero-order valence-electron chi connectivity index (χ0n) is 12.5. The number of allylic oxidation sites excluding steroid dienone is 2. The number of hydrogen-bond acceptors (Lipinski definition) is 3. The number of thioether (sulfide) groups is 1. The average Bonchev–Trinajstić information content (AvgIpc) is 2.45. The minimum atomic E-state index is -0.0462. The Kier molecular flexibility index (Phi) is 8.35. The Morgan fingerprint density at radius 1 is 1.25 bits per heavy atom. The second-order valence-electron chi connectivity index (χ2n) is 4.78. The van der Waals surface area contributed by atoms with Crippen LogP contribution in [0, 0.1) is 0 Å². The molecule has 1 aromatic carbocycles. The van der Waals surface area contributed by atoms with Crippen molar-refractivity contribution in [3.63, 3.8) is 0 Å². The molecule has 20 heavy (non-hydrogen) atoms. The minimum Gasteiger partial charge on any atom is -0.392 e. The summed E-state index contributed by atoms with van der Waals surface area (Å²) in [5.41, 5.74) is 2.41. The molecule has 1 rings (SSSR count). The third-order valence-electron chi connectivity index (χ3n) is 2.84. The van der Waals surface area contributed by atoms with Crippen LogP contribution >= 0.6 is 11.8 Å². The van der Waals surface area contributed by atoms with Crippen LogP contribution in [0.25, 0.3) is 0 Å². The van der Waals surface area contributed by atoms with E-state index in [-0.39, 0.29) is 12.0 Å². The predicted molar refractivity (Wildman–Crippen MR) is 86.9 cm³/mol. The van der Waals surface area contributed by atoms with Crippen molar-refractivity contribution in [1.29, 1.82) is 0 Å². The van der Waals surface area contributed by atoms with Crippen LogP contribution < -0.4 is 0 Å². The molecule has 1 aromatic rings. The number of benzene rings is 1. The van der Waals surface area contributed by atoms with E-state index in [1.807, 2.05) is 24.3 Å². The van der Waals surface area contributed by atoms with E-state index in [4.69, 9.17) is 4.74 Å². The molecule has 0 saturated carbocycles. The van der Waals surface area contributed by atoms with Crippen LogP contribution in [-0.4, -0.2) is 24.3 Å². The lowest BCUT2D eigenvalue weighted by atomic mass is 10.1. The predicted octanol–water partition coefficient (Wildman–Crippen LogP) is 4.42. The summed E-state index contributed by atoms with van der Waals surface area (Å²) in [5.74, 6) is 0. The van der Waals surface area contributed by atoms with E-state index in [2.05, 4.69) is 32.1 Å². The van der Waals surface area contributed by atoms with Gasteiger partial charge in [-0.15, -0.1) is 0 Å². The van der Waals surface area contributed by atoms with E-state index in [1.165, 1.54) is 10.5 Å². The normalized spacial score (nSPS) is 13.1. The summed E-state index contributed by atoms with van der Waals surface area (Å²) in [6.45, 7) is 4.25. The summed E-state index contributed by atoms with van der Waals surface area (Å²) in [4.78, 5) is 1.17. The number of hydrogen-bond donors (Lipinski definition) is 1. The molecule has 3 heteroatoms. The lowest BCUT2D eigenvalue weighted by molar-refractivity contribution is 0.195. The standard InChI is InChI=1S/C17H24O2S/c1-14(2)8-7-9-15(12-13-18)17(19-3)20-16-10-5-4-6-11-16/h4-6,8,10-12,17-18H,7,9,13H2,1-3H3. The van der Waals surface area contributed by atoms with Crippen LogP contribution in [0.15, 0.2) is 58.5 Å². The van der Waals surface area contributed by atoms with Crippen LogP contribution in [0.5, 0.6) is 0 Å².